The Hall–Kier alpha value is -2.73. The van der Waals surface area contributed by atoms with Crippen LogP contribution in [0.25, 0.3) is 27.7 Å². The van der Waals surface area contributed by atoms with E-state index in [1.54, 1.807) is 6.20 Å². The van der Waals surface area contributed by atoms with E-state index in [1.165, 1.54) is 24.5 Å². The fourth-order valence-corrected chi connectivity index (χ4v) is 3.38. The van der Waals surface area contributed by atoms with Gasteiger partial charge < -0.3 is 10.1 Å². The van der Waals surface area contributed by atoms with Crippen LogP contribution >= 0.6 is 11.3 Å². The average molecular weight is 339 g/mol. The summed E-state index contributed by atoms with van der Waals surface area (Å²) < 4.78 is 4.73. The molecule has 1 N–H and O–H groups in total. The highest BCUT2D eigenvalue weighted by atomic mass is 32.1. The van der Waals surface area contributed by atoms with Crippen molar-refractivity contribution in [1.82, 2.24) is 9.97 Å². The largest absolute Gasteiger partial charge is 0.466 e. The minimum Gasteiger partial charge on any atom is -0.466 e. The highest BCUT2D eigenvalue weighted by Crippen LogP contribution is 2.38. The molecule has 0 aliphatic rings. The van der Waals surface area contributed by atoms with E-state index in [0.717, 1.165) is 37.7 Å². The van der Waals surface area contributed by atoms with E-state index in [1.807, 2.05) is 44.3 Å². The molecule has 0 aliphatic heterocycles. The average Bonchev–Trinajstić information content (AvgIpc) is 3.05. The number of nitrogens with one attached hydrogen (secondary N) is 1. The molecule has 0 bridgehead atoms. The van der Waals surface area contributed by atoms with Crippen LogP contribution in [0.1, 0.15) is 11.8 Å². The molecule has 0 saturated carbocycles. The summed E-state index contributed by atoms with van der Waals surface area (Å²) in [7, 11) is 3.19. The first-order valence-electron chi connectivity index (χ1n) is 7.43. The monoisotopic (exact) mass is 339 g/mol. The SMILES string of the molecule is CNc1nc(-c2cccc3cccnc23)c(/C(C)=C/C(=O)OC)s1. The molecule has 24 heavy (non-hydrogen) atoms. The Balaban J connectivity index is 2.22. The smallest absolute Gasteiger partial charge is 0.330 e. The maximum Gasteiger partial charge on any atom is 0.330 e. The number of aromatic nitrogens is 2. The number of pyridine rings is 1. The first-order chi connectivity index (χ1) is 11.6. The number of anilines is 1. The van der Waals surface area contributed by atoms with Gasteiger partial charge in [-0.05, 0) is 18.6 Å². The van der Waals surface area contributed by atoms with Crippen molar-refractivity contribution < 1.29 is 9.53 Å². The lowest BCUT2D eigenvalue weighted by Crippen LogP contribution is -1.96. The topological polar surface area (TPSA) is 64.1 Å². The molecule has 0 amide bonds. The second kappa shape index (κ2) is 6.80. The summed E-state index contributed by atoms with van der Waals surface area (Å²) in [6.45, 7) is 1.88. The molecule has 2 heterocycles. The Kier molecular flexibility index (Phi) is 4.57. The number of rotatable bonds is 4. The number of nitrogens with zero attached hydrogens (tertiary/aromatic N) is 2. The molecule has 0 radical (unpaired) electrons. The fourth-order valence-electron chi connectivity index (χ4n) is 2.47. The van der Waals surface area contributed by atoms with Gasteiger partial charge in [0.1, 0.15) is 0 Å². The lowest BCUT2D eigenvalue weighted by molar-refractivity contribution is -0.134. The predicted molar refractivity (Wildman–Crippen MR) is 98.1 cm³/mol. The number of ether oxygens (including phenoxy) is 1. The number of para-hydroxylation sites is 1. The Bertz CT molecular complexity index is 926. The molecule has 3 rings (SSSR count). The molecule has 0 spiro atoms. The lowest BCUT2D eigenvalue weighted by Gasteiger charge is -2.06. The van der Waals surface area contributed by atoms with E-state index in [-0.39, 0.29) is 5.97 Å². The number of allylic oxidation sites excluding steroid dienone is 1. The Labute approximate surface area is 144 Å². The third-order valence-electron chi connectivity index (χ3n) is 3.62. The standard InChI is InChI=1S/C18H17N3O2S/c1-11(10-14(22)23-3)17-16(21-18(19-2)24-17)13-8-4-6-12-7-5-9-20-15(12)13/h4-10H,1-3H3,(H,19,21)/b11-10+. The molecule has 1 aromatic carbocycles. The quantitative estimate of drug-likeness (QED) is 0.575. The summed E-state index contributed by atoms with van der Waals surface area (Å²) in [4.78, 5) is 21.7. The highest BCUT2D eigenvalue weighted by molar-refractivity contribution is 7.17. The van der Waals surface area contributed by atoms with Gasteiger partial charge in [0.15, 0.2) is 5.13 Å². The number of carbonyl (C=O) groups excluding carboxylic acids is 1. The molecule has 0 fully saturated rings. The van der Waals surface area contributed by atoms with Gasteiger partial charge in [-0.25, -0.2) is 9.78 Å². The molecule has 3 aromatic rings. The van der Waals surface area contributed by atoms with Crippen LogP contribution in [0.3, 0.4) is 0 Å². The second-order valence-electron chi connectivity index (χ2n) is 5.18. The van der Waals surface area contributed by atoms with Gasteiger partial charge in [0.2, 0.25) is 0 Å². The van der Waals surface area contributed by atoms with Crippen LogP contribution in [0.15, 0.2) is 42.6 Å². The fraction of sp³-hybridized carbons (Fsp3) is 0.167. The Morgan fingerprint density at radius 3 is 2.83 bits per heavy atom. The zero-order valence-corrected chi connectivity index (χ0v) is 14.5. The van der Waals surface area contributed by atoms with Crippen LogP contribution in [0, 0.1) is 0 Å². The van der Waals surface area contributed by atoms with Gasteiger partial charge in [0.25, 0.3) is 0 Å². The second-order valence-corrected chi connectivity index (χ2v) is 6.18. The van der Waals surface area contributed by atoms with E-state index < -0.39 is 0 Å². The van der Waals surface area contributed by atoms with Crippen LogP contribution in [0.5, 0.6) is 0 Å². The molecule has 6 heteroatoms. The summed E-state index contributed by atoms with van der Waals surface area (Å²) >= 11 is 1.50. The van der Waals surface area contributed by atoms with E-state index in [9.17, 15) is 4.79 Å². The van der Waals surface area contributed by atoms with E-state index in [0.29, 0.717) is 0 Å². The number of fused-ring (bicyclic) bond motifs is 1. The summed E-state index contributed by atoms with van der Waals surface area (Å²) in [6.07, 6.45) is 3.25. The maximum absolute atomic E-state index is 11.6. The molecular formula is C18H17N3O2S. The zero-order chi connectivity index (χ0) is 17.1. The zero-order valence-electron chi connectivity index (χ0n) is 13.7. The lowest BCUT2D eigenvalue weighted by atomic mass is 10.0. The minimum atomic E-state index is -0.381. The number of carbonyl (C=O) groups is 1. The van der Waals surface area contributed by atoms with Crippen LogP contribution in [-0.2, 0) is 9.53 Å². The van der Waals surface area contributed by atoms with Gasteiger partial charge in [-0.15, -0.1) is 0 Å². The number of hydrogen-bond acceptors (Lipinski definition) is 6. The predicted octanol–water partition coefficient (Wildman–Crippen LogP) is 3.98. The third kappa shape index (κ3) is 3.00. The van der Waals surface area contributed by atoms with Gasteiger partial charge in [-0.1, -0.05) is 35.6 Å². The van der Waals surface area contributed by atoms with Crippen molar-refractivity contribution in [1.29, 1.82) is 0 Å². The molecule has 0 saturated heterocycles. The van der Waals surface area contributed by atoms with E-state index in [2.05, 4.69) is 15.3 Å². The minimum absolute atomic E-state index is 0.381. The maximum atomic E-state index is 11.6. The number of esters is 1. The highest BCUT2D eigenvalue weighted by Gasteiger charge is 2.17. The van der Waals surface area contributed by atoms with Gasteiger partial charge in [0.05, 0.1) is 23.2 Å². The van der Waals surface area contributed by atoms with Crippen LogP contribution in [-0.4, -0.2) is 30.1 Å². The summed E-state index contributed by atoms with van der Waals surface area (Å²) in [5.41, 5.74) is 3.45. The first-order valence-corrected chi connectivity index (χ1v) is 8.25. The first kappa shape index (κ1) is 16.1. The molecule has 2 aromatic heterocycles. The molecule has 0 unspecified atom stereocenters. The molecule has 0 atom stereocenters. The number of benzene rings is 1. The van der Waals surface area contributed by atoms with Crippen LogP contribution < -0.4 is 5.32 Å². The van der Waals surface area contributed by atoms with Gasteiger partial charge >= 0.3 is 5.97 Å². The van der Waals surface area contributed by atoms with Crippen molar-refractivity contribution in [2.45, 2.75) is 6.92 Å². The third-order valence-corrected chi connectivity index (χ3v) is 4.83. The van der Waals surface area contributed by atoms with Crippen molar-refractivity contribution in [2.24, 2.45) is 0 Å². The van der Waals surface area contributed by atoms with Gasteiger partial charge in [-0.3, -0.25) is 4.98 Å². The Morgan fingerprint density at radius 1 is 1.29 bits per heavy atom. The molecule has 5 nitrogen and oxygen atoms in total. The van der Waals surface area contributed by atoms with E-state index >= 15 is 0 Å². The molecule has 122 valence electrons. The number of methoxy groups -OCH3 is 1. The summed E-state index contributed by atoms with van der Waals surface area (Å²) in [6, 6.07) is 9.94. The number of hydrogen-bond donors (Lipinski definition) is 1. The number of thiazole rings is 1. The normalized spacial score (nSPS) is 11.5. The van der Waals surface area contributed by atoms with Crippen molar-refractivity contribution in [3.05, 3.63) is 47.5 Å². The Morgan fingerprint density at radius 2 is 2.08 bits per heavy atom. The van der Waals surface area contributed by atoms with Crippen molar-refractivity contribution in [3.8, 4) is 11.3 Å². The summed E-state index contributed by atoms with van der Waals surface area (Å²) in [5, 5.41) is 4.90. The summed E-state index contributed by atoms with van der Waals surface area (Å²) in [5.74, 6) is -0.381. The van der Waals surface area contributed by atoms with Gasteiger partial charge in [0, 0.05) is 30.3 Å². The molecule has 0 aliphatic carbocycles. The van der Waals surface area contributed by atoms with Crippen LogP contribution in [0.4, 0.5) is 5.13 Å². The molecular weight excluding hydrogens is 322 g/mol. The van der Waals surface area contributed by atoms with Gasteiger partial charge in [-0.2, -0.15) is 0 Å². The van der Waals surface area contributed by atoms with Crippen molar-refractivity contribution in [3.63, 3.8) is 0 Å². The van der Waals surface area contributed by atoms with Crippen molar-refractivity contribution >= 4 is 38.9 Å². The van der Waals surface area contributed by atoms with Crippen LogP contribution in [0.2, 0.25) is 0 Å². The van der Waals surface area contributed by atoms with Crippen molar-refractivity contribution in [2.75, 3.05) is 19.5 Å². The van der Waals surface area contributed by atoms with E-state index in [4.69, 9.17) is 4.74 Å².